The molecule has 0 atom stereocenters. The zero-order valence-electron chi connectivity index (χ0n) is 12.0. The van der Waals surface area contributed by atoms with Crippen LogP contribution < -0.4 is 10.2 Å². The predicted molar refractivity (Wildman–Crippen MR) is 88.9 cm³/mol. The standard InChI is InChI=1S/C15H12BrN3O4/c1-23-14-7-6-11(16)8-12(14)15(20)18-17-9-10-4-2-3-5-13(10)19(21)22/h2-9H,1H3,(H,18,20)/b17-9-. The van der Waals surface area contributed by atoms with Crippen molar-refractivity contribution in [2.75, 3.05) is 7.11 Å². The molecular weight excluding hydrogens is 366 g/mol. The van der Waals surface area contributed by atoms with Crippen LogP contribution in [0.2, 0.25) is 0 Å². The molecular formula is C15H12BrN3O4. The lowest BCUT2D eigenvalue weighted by atomic mass is 10.2. The molecule has 0 radical (unpaired) electrons. The molecule has 0 spiro atoms. The Morgan fingerprint density at radius 3 is 2.78 bits per heavy atom. The van der Waals surface area contributed by atoms with Gasteiger partial charge in [0.2, 0.25) is 0 Å². The molecule has 0 saturated heterocycles. The summed E-state index contributed by atoms with van der Waals surface area (Å²) in [4.78, 5) is 22.5. The maximum absolute atomic E-state index is 12.1. The highest BCUT2D eigenvalue weighted by Gasteiger charge is 2.13. The number of halogens is 1. The van der Waals surface area contributed by atoms with Crippen LogP contribution in [0.4, 0.5) is 5.69 Å². The number of nitrogens with one attached hydrogen (secondary N) is 1. The van der Waals surface area contributed by atoms with Gasteiger partial charge < -0.3 is 4.74 Å². The highest BCUT2D eigenvalue weighted by Crippen LogP contribution is 2.22. The second-order valence-electron chi connectivity index (χ2n) is 4.36. The molecule has 8 heteroatoms. The normalized spacial score (nSPS) is 10.5. The molecule has 2 rings (SSSR count). The van der Waals surface area contributed by atoms with Gasteiger partial charge in [0.1, 0.15) is 5.75 Å². The van der Waals surface area contributed by atoms with E-state index in [9.17, 15) is 14.9 Å². The number of benzene rings is 2. The summed E-state index contributed by atoms with van der Waals surface area (Å²) < 4.78 is 5.83. The highest BCUT2D eigenvalue weighted by molar-refractivity contribution is 9.10. The van der Waals surface area contributed by atoms with E-state index in [0.29, 0.717) is 21.3 Å². The first-order chi connectivity index (χ1) is 11.0. The van der Waals surface area contributed by atoms with Crippen molar-refractivity contribution in [1.82, 2.24) is 5.43 Å². The number of amides is 1. The molecule has 7 nitrogen and oxygen atoms in total. The zero-order chi connectivity index (χ0) is 16.8. The van der Waals surface area contributed by atoms with Gasteiger partial charge in [-0.25, -0.2) is 5.43 Å². The molecule has 23 heavy (non-hydrogen) atoms. The quantitative estimate of drug-likeness (QED) is 0.491. The van der Waals surface area contributed by atoms with Gasteiger partial charge in [0.15, 0.2) is 0 Å². The third-order valence-electron chi connectivity index (χ3n) is 2.91. The molecule has 118 valence electrons. The number of rotatable bonds is 5. The highest BCUT2D eigenvalue weighted by atomic mass is 79.9. The lowest BCUT2D eigenvalue weighted by Crippen LogP contribution is -2.18. The molecule has 2 aromatic carbocycles. The van der Waals surface area contributed by atoms with E-state index in [1.54, 1.807) is 30.3 Å². The number of nitrogens with zero attached hydrogens (tertiary/aromatic N) is 2. The average Bonchev–Trinajstić information content (AvgIpc) is 2.55. The SMILES string of the molecule is COc1ccc(Br)cc1C(=O)N/N=C\c1ccccc1[N+](=O)[O-]. The largest absolute Gasteiger partial charge is 0.496 e. The maximum atomic E-state index is 12.1. The van der Waals surface area contributed by atoms with Crippen LogP contribution in [0.25, 0.3) is 0 Å². The van der Waals surface area contributed by atoms with Gasteiger partial charge in [-0.3, -0.25) is 14.9 Å². The molecule has 0 heterocycles. The van der Waals surface area contributed by atoms with Gasteiger partial charge in [-0.15, -0.1) is 0 Å². The summed E-state index contributed by atoms with van der Waals surface area (Å²) in [6.07, 6.45) is 1.22. The lowest BCUT2D eigenvalue weighted by Gasteiger charge is -2.07. The van der Waals surface area contributed by atoms with Gasteiger partial charge in [-0.2, -0.15) is 5.10 Å². The van der Waals surface area contributed by atoms with Crippen molar-refractivity contribution >= 4 is 33.7 Å². The fraction of sp³-hybridized carbons (Fsp3) is 0.0667. The number of carbonyl (C=O) groups is 1. The molecule has 0 bridgehead atoms. The van der Waals surface area contributed by atoms with Gasteiger partial charge in [0.25, 0.3) is 11.6 Å². The number of hydrogen-bond acceptors (Lipinski definition) is 5. The summed E-state index contributed by atoms with van der Waals surface area (Å²) in [5, 5.41) is 14.7. The first kappa shape index (κ1) is 16.6. The lowest BCUT2D eigenvalue weighted by molar-refractivity contribution is -0.385. The Morgan fingerprint density at radius 2 is 2.09 bits per heavy atom. The summed E-state index contributed by atoms with van der Waals surface area (Å²) in [5.74, 6) is -0.0930. The number of hydrazone groups is 1. The van der Waals surface area contributed by atoms with Crippen LogP contribution in [-0.4, -0.2) is 24.2 Å². The second-order valence-corrected chi connectivity index (χ2v) is 5.28. The summed E-state index contributed by atoms with van der Waals surface area (Å²) in [6.45, 7) is 0. The van der Waals surface area contributed by atoms with Crippen LogP contribution in [-0.2, 0) is 0 Å². The Morgan fingerprint density at radius 1 is 1.35 bits per heavy atom. The topological polar surface area (TPSA) is 93.8 Å². The molecule has 0 fully saturated rings. The molecule has 0 aliphatic rings. The van der Waals surface area contributed by atoms with E-state index in [0.717, 1.165) is 0 Å². The molecule has 0 aromatic heterocycles. The smallest absolute Gasteiger partial charge is 0.278 e. The third-order valence-corrected chi connectivity index (χ3v) is 3.40. The van der Waals surface area contributed by atoms with Crippen molar-refractivity contribution in [1.29, 1.82) is 0 Å². The number of hydrogen-bond donors (Lipinski definition) is 1. The van der Waals surface area contributed by atoms with Crippen LogP contribution in [0, 0.1) is 10.1 Å². The number of ether oxygens (including phenoxy) is 1. The van der Waals surface area contributed by atoms with E-state index in [1.165, 1.54) is 25.5 Å². The van der Waals surface area contributed by atoms with Crippen LogP contribution >= 0.6 is 15.9 Å². The molecule has 0 aliphatic carbocycles. The van der Waals surface area contributed by atoms with Crippen LogP contribution in [0.15, 0.2) is 52.0 Å². The molecule has 1 N–H and O–H groups in total. The maximum Gasteiger partial charge on any atom is 0.278 e. The minimum atomic E-state index is -0.513. The molecule has 1 amide bonds. The summed E-state index contributed by atoms with van der Waals surface area (Å²) in [6, 6.07) is 11.1. The van der Waals surface area contributed by atoms with Gasteiger partial charge in [0, 0.05) is 10.5 Å². The van der Waals surface area contributed by atoms with Crippen molar-refractivity contribution in [3.63, 3.8) is 0 Å². The number of nitro benzene ring substituents is 1. The van der Waals surface area contributed by atoms with Crippen LogP contribution in [0.5, 0.6) is 5.75 Å². The average molecular weight is 378 g/mol. The first-order valence-electron chi connectivity index (χ1n) is 6.43. The third kappa shape index (κ3) is 4.13. The summed E-state index contributed by atoms with van der Waals surface area (Å²) in [7, 11) is 1.45. The Bertz CT molecular complexity index is 777. The fourth-order valence-corrected chi connectivity index (χ4v) is 2.20. The van der Waals surface area contributed by atoms with E-state index >= 15 is 0 Å². The molecule has 0 aliphatic heterocycles. The van der Waals surface area contributed by atoms with Crippen molar-refractivity contribution in [2.24, 2.45) is 5.10 Å². The Labute approximate surface area is 140 Å². The van der Waals surface area contributed by atoms with E-state index < -0.39 is 10.8 Å². The number of nitro groups is 1. The van der Waals surface area contributed by atoms with Crippen molar-refractivity contribution in [2.45, 2.75) is 0 Å². The number of para-hydroxylation sites is 1. The fourth-order valence-electron chi connectivity index (χ4n) is 1.84. The second kappa shape index (κ2) is 7.50. The van der Waals surface area contributed by atoms with Gasteiger partial charge in [0.05, 0.1) is 29.4 Å². The molecule has 2 aromatic rings. The minimum Gasteiger partial charge on any atom is -0.496 e. The monoisotopic (exact) mass is 377 g/mol. The van der Waals surface area contributed by atoms with E-state index in [2.05, 4.69) is 26.5 Å². The summed E-state index contributed by atoms with van der Waals surface area (Å²) in [5.41, 5.74) is 2.81. The number of methoxy groups -OCH3 is 1. The predicted octanol–water partition coefficient (Wildman–Crippen LogP) is 3.13. The first-order valence-corrected chi connectivity index (χ1v) is 7.22. The van der Waals surface area contributed by atoms with Crippen molar-refractivity contribution < 1.29 is 14.5 Å². The molecule has 0 unspecified atom stereocenters. The van der Waals surface area contributed by atoms with Crippen LogP contribution in [0.3, 0.4) is 0 Å². The van der Waals surface area contributed by atoms with Crippen molar-refractivity contribution in [3.05, 3.63) is 68.2 Å². The number of carbonyl (C=O) groups excluding carboxylic acids is 1. The van der Waals surface area contributed by atoms with Gasteiger partial charge in [-0.05, 0) is 24.3 Å². The zero-order valence-corrected chi connectivity index (χ0v) is 13.6. The van der Waals surface area contributed by atoms with Gasteiger partial charge >= 0.3 is 0 Å². The van der Waals surface area contributed by atoms with E-state index in [4.69, 9.17) is 4.74 Å². The van der Waals surface area contributed by atoms with Crippen molar-refractivity contribution in [3.8, 4) is 5.75 Å². The van der Waals surface area contributed by atoms with E-state index in [1.807, 2.05) is 0 Å². The Kier molecular flexibility index (Phi) is 5.42. The molecule has 0 saturated carbocycles. The van der Waals surface area contributed by atoms with Gasteiger partial charge in [-0.1, -0.05) is 28.1 Å². The van der Waals surface area contributed by atoms with E-state index in [-0.39, 0.29) is 5.69 Å². The summed E-state index contributed by atoms with van der Waals surface area (Å²) >= 11 is 3.28. The Hall–Kier alpha value is -2.74. The Balaban J connectivity index is 2.17. The minimum absolute atomic E-state index is 0.0921. The van der Waals surface area contributed by atoms with Crippen LogP contribution in [0.1, 0.15) is 15.9 Å².